The number of hydrogen-bond donors (Lipinski definition) is 1. The molecule has 4 aromatic rings. The van der Waals surface area contributed by atoms with Crippen LogP contribution in [-0.2, 0) is 17.9 Å². The maximum Gasteiger partial charge on any atom is 0.280 e. The number of thioether (sulfide) groups is 1. The van der Waals surface area contributed by atoms with Crippen LogP contribution in [0.2, 0.25) is 0 Å². The first-order valence-corrected chi connectivity index (χ1v) is 12.4. The van der Waals surface area contributed by atoms with E-state index in [1.807, 2.05) is 70.2 Å². The van der Waals surface area contributed by atoms with Gasteiger partial charge in [-0.3, -0.25) is 18.8 Å². The second-order valence-electron chi connectivity index (χ2n) is 8.39. The Morgan fingerprint density at radius 3 is 2.54 bits per heavy atom. The molecule has 0 aliphatic rings. The number of amides is 1. The Morgan fingerprint density at radius 1 is 1.11 bits per heavy atom. The highest BCUT2D eigenvalue weighted by Gasteiger charge is 2.19. The van der Waals surface area contributed by atoms with Gasteiger partial charge in [0.15, 0.2) is 10.7 Å². The second kappa shape index (κ2) is 10.4. The molecule has 2 aromatic heterocycles. The molecular formula is C26H29N5O3S. The summed E-state index contributed by atoms with van der Waals surface area (Å²) in [4.78, 5) is 31.2. The number of rotatable bonds is 8. The first-order chi connectivity index (χ1) is 16.8. The molecule has 2 heterocycles. The minimum atomic E-state index is -0.175. The van der Waals surface area contributed by atoms with E-state index in [9.17, 15) is 9.59 Å². The van der Waals surface area contributed by atoms with Crippen LogP contribution in [-0.4, -0.2) is 38.1 Å². The van der Waals surface area contributed by atoms with Crippen LogP contribution in [0, 0.1) is 20.8 Å². The molecule has 0 spiro atoms. The first kappa shape index (κ1) is 24.5. The Labute approximate surface area is 208 Å². The summed E-state index contributed by atoms with van der Waals surface area (Å²) in [5, 5.41) is 7.94. The molecule has 0 bridgehead atoms. The molecule has 0 saturated carbocycles. The van der Waals surface area contributed by atoms with Gasteiger partial charge >= 0.3 is 0 Å². The van der Waals surface area contributed by atoms with Crippen LogP contribution in [0.15, 0.2) is 52.4 Å². The summed E-state index contributed by atoms with van der Waals surface area (Å²) in [6, 6.07) is 13.5. The second-order valence-corrected chi connectivity index (χ2v) is 9.33. The number of nitrogens with one attached hydrogen (secondary N) is 1. The number of carbonyl (C=O) groups is 1. The zero-order chi connectivity index (χ0) is 25.1. The third kappa shape index (κ3) is 5.24. The standard InChI is InChI=1S/C26H29N5O3S/c1-6-31-24-23(18(4)29-31)28-26(30(25(24)33)14-19-9-11-20(34-5)12-10-19)35-15-22(32)27-21-13-16(2)7-8-17(21)3/h7-13H,6,14-15H2,1-5H3,(H,27,32). The summed E-state index contributed by atoms with van der Waals surface area (Å²) < 4.78 is 8.55. The Balaban J connectivity index is 1.67. The Morgan fingerprint density at radius 2 is 1.86 bits per heavy atom. The van der Waals surface area contributed by atoms with E-state index < -0.39 is 0 Å². The number of anilines is 1. The normalized spacial score (nSPS) is 11.1. The Hall–Kier alpha value is -3.59. The molecule has 0 aliphatic heterocycles. The molecule has 8 nitrogen and oxygen atoms in total. The van der Waals surface area contributed by atoms with Crippen molar-refractivity contribution < 1.29 is 9.53 Å². The van der Waals surface area contributed by atoms with Crippen LogP contribution >= 0.6 is 11.8 Å². The fourth-order valence-electron chi connectivity index (χ4n) is 3.87. The zero-order valence-electron chi connectivity index (χ0n) is 20.6. The van der Waals surface area contributed by atoms with Crippen molar-refractivity contribution in [2.45, 2.75) is 45.9 Å². The minimum Gasteiger partial charge on any atom is -0.497 e. The number of nitrogens with zero attached hydrogens (tertiary/aromatic N) is 4. The van der Waals surface area contributed by atoms with Gasteiger partial charge in [0.2, 0.25) is 5.91 Å². The van der Waals surface area contributed by atoms with Crippen LogP contribution in [0.25, 0.3) is 11.0 Å². The molecule has 9 heteroatoms. The van der Waals surface area contributed by atoms with Crippen LogP contribution in [0.3, 0.4) is 0 Å². The highest BCUT2D eigenvalue weighted by Crippen LogP contribution is 2.23. The lowest BCUT2D eigenvalue weighted by molar-refractivity contribution is -0.113. The summed E-state index contributed by atoms with van der Waals surface area (Å²) in [6.45, 7) is 8.61. The molecule has 1 N–H and O–H groups in total. The van der Waals surface area contributed by atoms with E-state index in [4.69, 9.17) is 9.72 Å². The summed E-state index contributed by atoms with van der Waals surface area (Å²) >= 11 is 1.24. The molecule has 0 aliphatic carbocycles. The van der Waals surface area contributed by atoms with E-state index in [0.717, 1.165) is 28.1 Å². The molecule has 0 unspecified atom stereocenters. The number of ether oxygens (including phenoxy) is 1. The van der Waals surface area contributed by atoms with E-state index in [-0.39, 0.29) is 17.2 Å². The number of fused-ring (bicyclic) bond motifs is 1. The number of aryl methyl sites for hydroxylation is 4. The molecule has 0 atom stereocenters. The van der Waals surface area contributed by atoms with Crippen molar-refractivity contribution in [1.29, 1.82) is 0 Å². The van der Waals surface area contributed by atoms with Crippen molar-refractivity contribution in [1.82, 2.24) is 19.3 Å². The first-order valence-electron chi connectivity index (χ1n) is 11.4. The number of benzene rings is 2. The number of hydrogen-bond acceptors (Lipinski definition) is 6. The van der Waals surface area contributed by atoms with Gasteiger partial charge in [0.25, 0.3) is 5.56 Å². The summed E-state index contributed by atoms with van der Waals surface area (Å²) in [5.41, 5.74) is 5.34. The topological polar surface area (TPSA) is 91.0 Å². The van der Waals surface area contributed by atoms with E-state index in [0.29, 0.717) is 35.0 Å². The van der Waals surface area contributed by atoms with Gasteiger partial charge in [-0.1, -0.05) is 36.0 Å². The highest BCUT2D eigenvalue weighted by molar-refractivity contribution is 7.99. The summed E-state index contributed by atoms with van der Waals surface area (Å²) in [5.74, 6) is 0.705. The van der Waals surface area contributed by atoms with E-state index in [2.05, 4.69) is 10.4 Å². The quantitative estimate of drug-likeness (QED) is 0.292. The van der Waals surface area contributed by atoms with Crippen molar-refractivity contribution in [3.63, 3.8) is 0 Å². The summed E-state index contributed by atoms with van der Waals surface area (Å²) in [6.07, 6.45) is 0. The molecule has 1 amide bonds. The third-order valence-electron chi connectivity index (χ3n) is 5.78. The zero-order valence-corrected chi connectivity index (χ0v) is 21.4. The molecule has 2 aromatic carbocycles. The van der Waals surface area contributed by atoms with Gasteiger partial charge in [0.05, 0.1) is 25.1 Å². The predicted octanol–water partition coefficient (Wildman–Crippen LogP) is 4.33. The lowest BCUT2D eigenvalue weighted by atomic mass is 10.1. The largest absolute Gasteiger partial charge is 0.497 e. The average molecular weight is 492 g/mol. The summed E-state index contributed by atoms with van der Waals surface area (Å²) in [7, 11) is 1.61. The maximum absolute atomic E-state index is 13.6. The van der Waals surface area contributed by atoms with Crippen molar-refractivity contribution >= 4 is 34.4 Å². The van der Waals surface area contributed by atoms with Gasteiger partial charge in [-0.15, -0.1) is 0 Å². The Kier molecular flexibility index (Phi) is 7.25. The van der Waals surface area contributed by atoms with Gasteiger partial charge in [-0.25, -0.2) is 4.98 Å². The number of carbonyl (C=O) groups excluding carboxylic acids is 1. The molecule has 4 rings (SSSR count). The van der Waals surface area contributed by atoms with Gasteiger partial charge in [-0.2, -0.15) is 5.10 Å². The fourth-order valence-corrected chi connectivity index (χ4v) is 4.66. The minimum absolute atomic E-state index is 0.120. The fraction of sp³-hybridized carbons (Fsp3) is 0.308. The van der Waals surface area contributed by atoms with Crippen molar-refractivity contribution in [3.8, 4) is 5.75 Å². The van der Waals surface area contributed by atoms with Crippen molar-refractivity contribution in [3.05, 3.63) is 75.2 Å². The molecule has 182 valence electrons. The smallest absolute Gasteiger partial charge is 0.280 e. The lowest BCUT2D eigenvalue weighted by Crippen LogP contribution is -2.26. The van der Waals surface area contributed by atoms with Crippen LogP contribution in [0.4, 0.5) is 5.69 Å². The van der Waals surface area contributed by atoms with E-state index >= 15 is 0 Å². The molecule has 35 heavy (non-hydrogen) atoms. The SMILES string of the molecule is CCn1nc(C)c2nc(SCC(=O)Nc3cc(C)ccc3C)n(Cc3ccc(OC)cc3)c(=O)c21. The van der Waals surface area contributed by atoms with Crippen LogP contribution in [0.1, 0.15) is 29.3 Å². The number of methoxy groups -OCH3 is 1. The molecular weight excluding hydrogens is 462 g/mol. The number of aromatic nitrogens is 4. The molecule has 0 saturated heterocycles. The van der Waals surface area contributed by atoms with Gasteiger partial charge in [-0.05, 0) is 62.6 Å². The van der Waals surface area contributed by atoms with Gasteiger partial charge in [0, 0.05) is 12.2 Å². The molecule has 0 fully saturated rings. The Bertz CT molecular complexity index is 1440. The van der Waals surface area contributed by atoms with Crippen molar-refractivity contribution in [2.24, 2.45) is 0 Å². The maximum atomic E-state index is 13.6. The van der Waals surface area contributed by atoms with Gasteiger partial charge < -0.3 is 10.1 Å². The van der Waals surface area contributed by atoms with Crippen LogP contribution < -0.4 is 15.6 Å². The third-order valence-corrected chi connectivity index (χ3v) is 6.76. The predicted molar refractivity (Wildman–Crippen MR) is 140 cm³/mol. The van der Waals surface area contributed by atoms with Gasteiger partial charge in [0.1, 0.15) is 11.3 Å². The molecule has 0 radical (unpaired) electrons. The van der Waals surface area contributed by atoms with E-state index in [1.54, 1.807) is 16.4 Å². The van der Waals surface area contributed by atoms with E-state index in [1.165, 1.54) is 11.8 Å². The monoisotopic (exact) mass is 491 g/mol. The van der Waals surface area contributed by atoms with Crippen LogP contribution in [0.5, 0.6) is 5.75 Å². The average Bonchev–Trinajstić information content (AvgIpc) is 3.18. The highest BCUT2D eigenvalue weighted by atomic mass is 32.2. The van der Waals surface area contributed by atoms with Crippen molar-refractivity contribution in [2.75, 3.05) is 18.2 Å². The lowest BCUT2D eigenvalue weighted by Gasteiger charge is -2.14.